The lowest BCUT2D eigenvalue weighted by Gasteiger charge is -2.18. The number of hydrogen-bond donors (Lipinski definition) is 1. The van der Waals surface area contributed by atoms with Gasteiger partial charge in [0.05, 0.1) is 12.0 Å². The van der Waals surface area contributed by atoms with E-state index in [0.29, 0.717) is 17.9 Å². The Hall–Kier alpha value is -3.74. The number of nitrogens with one attached hydrogen (secondary N) is 1. The second kappa shape index (κ2) is 7.59. The summed E-state index contributed by atoms with van der Waals surface area (Å²) in [7, 11) is 0. The van der Waals surface area contributed by atoms with Gasteiger partial charge in [0, 0.05) is 41.8 Å². The summed E-state index contributed by atoms with van der Waals surface area (Å²) in [5, 5.41) is 4.00. The molecule has 4 aromatic rings. The van der Waals surface area contributed by atoms with Gasteiger partial charge in [0.2, 0.25) is 5.95 Å². The van der Waals surface area contributed by atoms with Crippen molar-refractivity contribution in [3.8, 4) is 11.3 Å². The first-order chi connectivity index (χ1) is 14.7. The first kappa shape index (κ1) is 18.3. The first-order valence-electron chi connectivity index (χ1n) is 9.78. The van der Waals surface area contributed by atoms with E-state index in [-0.39, 0.29) is 11.9 Å². The molecule has 150 valence electrons. The fourth-order valence-corrected chi connectivity index (χ4v) is 3.83. The smallest absolute Gasteiger partial charge is 0.251 e. The Labute approximate surface area is 172 Å². The van der Waals surface area contributed by atoms with Gasteiger partial charge in [0.15, 0.2) is 0 Å². The Bertz CT molecular complexity index is 1210. The zero-order chi connectivity index (χ0) is 20.5. The summed E-state index contributed by atoms with van der Waals surface area (Å²) >= 11 is 0. The zero-order valence-corrected chi connectivity index (χ0v) is 16.1. The number of pyridine rings is 2. The molecule has 0 radical (unpaired) electrons. The van der Waals surface area contributed by atoms with E-state index in [0.717, 1.165) is 35.2 Å². The van der Waals surface area contributed by atoms with Gasteiger partial charge < -0.3 is 14.6 Å². The third kappa shape index (κ3) is 3.50. The highest BCUT2D eigenvalue weighted by molar-refractivity contribution is 5.96. The minimum atomic E-state index is -0.499. The highest BCUT2D eigenvalue weighted by Crippen LogP contribution is 2.27. The molecule has 6 nitrogen and oxygen atoms in total. The van der Waals surface area contributed by atoms with Crippen LogP contribution in [0.2, 0.25) is 0 Å². The molecule has 0 unspecified atom stereocenters. The van der Waals surface area contributed by atoms with E-state index in [1.165, 1.54) is 6.07 Å². The topological polar surface area (TPSA) is 71.3 Å². The number of carbonyl (C=O) groups excluding carboxylic acids is 1. The summed E-state index contributed by atoms with van der Waals surface area (Å²) in [6.07, 6.45) is 4.14. The molecule has 30 heavy (non-hydrogen) atoms. The van der Waals surface area contributed by atoms with Crippen molar-refractivity contribution in [1.29, 1.82) is 0 Å². The number of benzene rings is 1. The molecule has 7 heteroatoms. The molecule has 1 saturated heterocycles. The van der Waals surface area contributed by atoms with Crippen LogP contribution in [0.1, 0.15) is 16.8 Å². The molecule has 5 rings (SSSR count). The van der Waals surface area contributed by atoms with E-state index in [4.69, 9.17) is 4.42 Å². The van der Waals surface area contributed by atoms with Crippen molar-refractivity contribution in [3.05, 3.63) is 78.6 Å². The van der Waals surface area contributed by atoms with Crippen LogP contribution >= 0.6 is 0 Å². The number of carbonyl (C=O) groups is 1. The number of amides is 1. The van der Waals surface area contributed by atoms with Crippen LogP contribution < -0.4 is 10.2 Å². The number of furan rings is 1. The molecule has 1 amide bonds. The molecule has 3 aromatic heterocycles. The van der Waals surface area contributed by atoms with Crippen LogP contribution in [-0.2, 0) is 0 Å². The summed E-state index contributed by atoms with van der Waals surface area (Å²) in [5.74, 6) is -0.0345. The number of halogens is 1. The number of hydrogen-bond acceptors (Lipinski definition) is 5. The molecule has 0 bridgehead atoms. The molecule has 1 atom stereocenters. The van der Waals surface area contributed by atoms with Crippen molar-refractivity contribution in [2.75, 3.05) is 18.0 Å². The Morgan fingerprint density at radius 2 is 2.00 bits per heavy atom. The monoisotopic (exact) mass is 402 g/mol. The van der Waals surface area contributed by atoms with Crippen LogP contribution in [-0.4, -0.2) is 35.0 Å². The van der Waals surface area contributed by atoms with Gasteiger partial charge in [-0.2, -0.15) is 4.39 Å². The summed E-state index contributed by atoms with van der Waals surface area (Å²) < 4.78 is 18.8. The predicted molar refractivity (Wildman–Crippen MR) is 112 cm³/mol. The van der Waals surface area contributed by atoms with E-state index >= 15 is 0 Å². The van der Waals surface area contributed by atoms with Crippen LogP contribution in [0.5, 0.6) is 0 Å². The average Bonchev–Trinajstić information content (AvgIpc) is 3.43. The number of anilines is 1. The predicted octanol–water partition coefficient (Wildman–Crippen LogP) is 4.04. The van der Waals surface area contributed by atoms with E-state index in [9.17, 15) is 9.18 Å². The van der Waals surface area contributed by atoms with Gasteiger partial charge in [-0.3, -0.25) is 9.78 Å². The third-order valence-corrected chi connectivity index (χ3v) is 5.35. The van der Waals surface area contributed by atoms with Gasteiger partial charge >= 0.3 is 0 Å². The lowest BCUT2D eigenvalue weighted by Crippen LogP contribution is -2.37. The summed E-state index contributed by atoms with van der Waals surface area (Å²) in [4.78, 5) is 23.0. The van der Waals surface area contributed by atoms with Crippen LogP contribution in [0.25, 0.3) is 22.2 Å². The maximum Gasteiger partial charge on any atom is 0.251 e. The quantitative estimate of drug-likeness (QED) is 0.522. The second-order valence-electron chi connectivity index (χ2n) is 7.29. The molecule has 0 saturated carbocycles. The van der Waals surface area contributed by atoms with E-state index in [1.54, 1.807) is 36.7 Å². The molecule has 1 aliphatic rings. The number of aromatic nitrogens is 2. The molecule has 0 spiro atoms. The second-order valence-corrected chi connectivity index (χ2v) is 7.29. The van der Waals surface area contributed by atoms with Crippen molar-refractivity contribution in [2.45, 2.75) is 12.5 Å². The number of fused-ring (bicyclic) bond motifs is 1. The van der Waals surface area contributed by atoms with Crippen molar-refractivity contribution in [1.82, 2.24) is 15.3 Å². The van der Waals surface area contributed by atoms with Gasteiger partial charge in [-0.05, 0) is 42.8 Å². The Kier molecular flexibility index (Phi) is 4.63. The standard InChI is InChI=1S/C23H19FN4O2/c24-20-2-1-3-21(27-20)28-12-9-17(14-28)26-23(29)16-6-4-15(5-7-16)22-18-10-13-30-19(18)8-11-25-22/h1-8,10-11,13,17H,9,12,14H2,(H,26,29)/t17-/m0/s1. The maximum absolute atomic E-state index is 13.4. The zero-order valence-electron chi connectivity index (χ0n) is 16.1. The van der Waals surface area contributed by atoms with Gasteiger partial charge in [-0.25, -0.2) is 4.98 Å². The van der Waals surface area contributed by atoms with Crippen LogP contribution in [0, 0.1) is 5.95 Å². The van der Waals surface area contributed by atoms with E-state index in [2.05, 4.69) is 15.3 Å². The van der Waals surface area contributed by atoms with E-state index < -0.39 is 5.95 Å². The molecule has 1 aromatic carbocycles. The Morgan fingerprint density at radius 1 is 1.13 bits per heavy atom. The largest absolute Gasteiger partial charge is 0.464 e. The fraction of sp³-hybridized carbons (Fsp3) is 0.174. The average molecular weight is 402 g/mol. The normalized spacial score (nSPS) is 16.2. The van der Waals surface area contributed by atoms with Gasteiger partial charge in [0.25, 0.3) is 5.91 Å². The van der Waals surface area contributed by atoms with Crippen molar-refractivity contribution >= 4 is 22.7 Å². The highest BCUT2D eigenvalue weighted by atomic mass is 19.1. The molecule has 4 heterocycles. The minimum Gasteiger partial charge on any atom is -0.464 e. The van der Waals surface area contributed by atoms with Crippen LogP contribution in [0.3, 0.4) is 0 Å². The van der Waals surface area contributed by atoms with Crippen LogP contribution in [0.4, 0.5) is 10.2 Å². The van der Waals surface area contributed by atoms with Gasteiger partial charge in [-0.1, -0.05) is 18.2 Å². The highest BCUT2D eigenvalue weighted by Gasteiger charge is 2.25. The fourth-order valence-electron chi connectivity index (χ4n) is 3.83. The van der Waals surface area contributed by atoms with E-state index in [1.807, 2.05) is 29.2 Å². The van der Waals surface area contributed by atoms with Crippen LogP contribution in [0.15, 0.2) is 71.5 Å². The molecule has 1 N–H and O–H groups in total. The van der Waals surface area contributed by atoms with Gasteiger partial charge in [-0.15, -0.1) is 0 Å². The van der Waals surface area contributed by atoms with Crippen molar-refractivity contribution in [2.24, 2.45) is 0 Å². The Morgan fingerprint density at radius 3 is 2.83 bits per heavy atom. The maximum atomic E-state index is 13.4. The lowest BCUT2D eigenvalue weighted by atomic mass is 10.1. The Balaban J connectivity index is 1.26. The number of rotatable bonds is 4. The molecular weight excluding hydrogens is 383 g/mol. The van der Waals surface area contributed by atoms with Crippen molar-refractivity contribution < 1.29 is 13.6 Å². The van der Waals surface area contributed by atoms with Gasteiger partial charge in [0.1, 0.15) is 11.4 Å². The summed E-state index contributed by atoms with van der Waals surface area (Å²) in [6.45, 7) is 1.33. The molecule has 1 fully saturated rings. The third-order valence-electron chi connectivity index (χ3n) is 5.35. The summed E-state index contributed by atoms with van der Waals surface area (Å²) in [6, 6.07) is 15.8. The number of nitrogens with zero attached hydrogens (tertiary/aromatic N) is 3. The summed E-state index contributed by atoms with van der Waals surface area (Å²) in [5.41, 5.74) is 3.10. The lowest BCUT2D eigenvalue weighted by molar-refractivity contribution is 0.0940. The van der Waals surface area contributed by atoms with Crippen molar-refractivity contribution in [3.63, 3.8) is 0 Å². The first-order valence-corrected chi connectivity index (χ1v) is 9.78. The molecule has 1 aliphatic heterocycles. The molecular formula is C23H19FN4O2. The minimum absolute atomic E-state index is 0.0106. The SMILES string of the molecule is O=C(N[C@H]1CCN(c2cccc(F)n2)C1)c1ccc(-c2nccc3occc23)cc1. The molecule has 0 aliphatic carbocycles.